The van der Waals surface area contributed by atoms with Gasteiger partial charge in [-0.1, -0.05) is 53.5 Å². The standard InChI is InChI=1S/C30H24Cl2N4O4S/c1-20(24-7-2-4-9-28(24)36-18-6-17-33-36)34-30(37)25-19-21(31)11-16-27(25)35-41(38,39)23-14-12-22(13-15-23)40-29-10-5-3-8-26(29)32/h2-20,35H,1H3,(H,34,37)/t20-/m0/s1. The number of hydrogen-bond acceptors (Lipinski definition) is 5. The summed E-state index contributed by atoms with van der Waals surface area (Å²) in [5.74, 6) is 0.352. The van der Waals surface area contributed by atoms with E-state index in [2.05, 4.69) is 15.1 Å². The number of carbonyl (C=O) groups excluding carboxylic acids is 1. The predicted molar refractivity (Wildman–Crippen MR) is 160 cm³/mol. The molecule has 1 aromatic heterocycles. The maximum absolute atomic E-state index is 13.4. The van der Waals surface area contributed by atoms with Crippen LogP contribution in [0.2, 0.25) is 10.0 Å². The van der Waals surface area contributed by atoms with Crippen molar-refractivity contribution in [2.75, 3.05) is 4.72 Å². The summed E-state index contributed by atoms with van der Waals surface area (Å²) in [6, 6.07) is 26.1. The Kier molecular flexibility index (Phi) is 8.30. The normalized spacial score (nSPS) is 12.0. The van der Waals surface area contributed by atoms with Crippen LogP contribution < -0.4 is 14.8 Å². The smallest absolute Gasteiger partial charge is 0.261 e. The van der Waals surface area contributed by atoms with Gasteiger partial charge >= 0.3 is 0 Å². The number of anilines is 1. The largest absolute Gasteiger partial charge is 0.456 e. The first kappa shape index (κ1) is 28.2. The number of para-hydroxylation sites is 2. The summed E-state index contributed by atoms with van der Waals surface area (Å²) in [6.45, 7) is 1.83. The Morgan fingerprint density at radius 1 is 0.927 bits per heavy atom. The van der Waals surface area contributed by atoms with E-state index in [1.807, 2.05) is 43.5 Å². The van der Waals surface area contributed by atoms with Gasteiger partial charge in [-0.3, -0.25) is 9.52 Å². The fraction of sp³-hybridized carbons (Fsp3) is 0.0667. The second-order valence-corrected chi connectivity index (χ2v) is 11.5. The number of nitrogens with one attached hydrogen (secondary N) is 2. The topological polar surface area (TPSA) is 102 Å². The second kappa shape index (κ2) is 12.1. The SMILES string of the molecule is C[C@H](NC(=O)c1cc(Cl)ccc1NS(=O)(=O)c1ccc(Oc2ccccc2Cl)cc1)c1ccccc1-n1cccn1. The van der Waals surface area contributed by atoms with E-state index < -0.39 is 22.0 Å². The molecule has 11 heteroatoms. The molecule has 5 aromatic rings. The van der Waals surface area contributed by atoms with Gasteiger partial charge in [0.15, 0.2) is 0 Å². The van der Waals surface area contributed by atoms with Crippen molar-refractivity contribution in [2.24, 2.45) is 0 Å². The highest BCUT2D eigenvalue weighted by Crippen LogP contribution is 2.30. The molecule has 0 aliphatic rings. The van der Waals surface area contributed by atoms with E-state index in [0.29, 0.717) is 16.5 Å². The average Bonchev–Trinajstić information content (AvgIpc) is 3.50. The molecule has 0 spiro atoms. The van der Waals surface area contributed by atoms with Crippen LogP contribution in [-0.4, -0.2) is 24.1 Å². The molecule has 2 N–H and O–H groups in total. The molecule has 1 atom stereocenters. The highest BCUT2D eigenvalue weighted by molar-refractivity contribution is 7.92. The summed E-state index contributed by atoms with van der Waals surface area (Å²) in [5, 5.41) is 7.94. The van der Waals surface area contributed by atoms with E-state index in [0.717, 1.165) is 11.3 Å². The van der Waals surface area contributed by atoms with Crippen molar-refractivity contribution in [1.82, 2.24) is 15.1 Å². The van der Waals surface area contributed by atoms with Crippen molar-refractivity contribution < 1.29 is 17.9 Å². The first-order valence-corrected chi connectivity index (χ1v) is 14.7. The Labute approximate surface area is 247 Å². The van der Waals surface area contributed by atoms with E-state index >= 15 is 0 Å². The van der Waals surface area contributed by atoms with Crippen LogP contribution in [0.4, 0.5) is 5.69 Å². The number of amides is 1. The lowest BCUT2D eigenvalue weighted by atomic mass is 10.0. The fourth-order valence-electron chi connectivity index (χ4n) is 4.16. The number of halogens is 2. The molecule has 0 bridgehead atoms. The van der Waals surface area contributed by atoms with Crippen LogP contribution in [0.1, 0.15) is 28.9 Å². The van der Waals surface area contributed by atoms with Crippen LogP contribution in [-0.2, 0) is 10.0 Å². The van der Waals surface area contributed by atoms with Crippen molar-refractivity contribution in [3.63, 3.8) is 0 Å². The summed E-state index contributed by atoms with van der Waals surface area (Å²) in [5.41, 5.74) is 1.78. The third-order valence-electron chi connectivity index (χ3n) is 6.17. The van der Waals surface area contributed by atoms with Gasteiger partial charge < -0.3 is 10.1 Å². The lowest BCUT2D eigenvalue weighted by Crippen LogP contribution is -2.28. The van der Waals surface area contributed by atoms with Crippen LogP contribution >= 0.6 is 23.2 Å². The van der Waals surface area contributed by atoms with E-state index in [-0.39, 0.29) is 21.2 Å². The Morgan fingerprint density at radius 2 is 1.66 bits per heavy atom. The molecule has 0 aliphatic carbocycles. The number of hydrogen-bond donors (Lipinski definition) is 2. The molecule has 0 radical (unpaired) electrons. The highest BCUT2D eigenvalue weighted by atomic mass is 35.5. The molecule has 0 unspecified atom stereocenters. The Hall–Kier alpha value is -4.31. The fourth-order valence-corrected chi connectivity index (χ4v) is 5.59. The van der Waals surface area contributed by atoms with Crippen LogP contribution in [0.15, 0.2) is 114 Å². The van der Waals surface area contributed by atoms with Crippen molar-refractivity contribution in [3.05, 3.63) is 131 Å². The summed E-state index contributed by atoms with van der Waals surface area (Å²) in [7, 11) is -4.06. The zero-order chi connectivity index (χ0) is 29.0. The molecule has 4 aromatic carbocycles. The second-order valence-electron chi connectivity index (χ2n) is 9.00. The first-order valence-electron chi connectivity index (χ1n) is 12.5. The van der Waals surface area contributed by atoms with Gasteiger partial charge in [0, 0.05) is 17.4 Å². The predicted octanol–water partition coefficient (Wildman–Crippen LogP) is 7.26. The number of carbonyl (C=O) groups is 1. The summed E-state index contributed by atoms with van der Waals surface area (Å²) < 4.78 is 36.5. The number of nitrogens with zero attached hydrogens (tertiary/aromatic N) is 2. The zero-order valence-electron chi connectivity index (χ0n) is 21.7. The summed E-state index contributed by atoms with van der Waals surface area (Å²) in [4.78, 5) is 13.4. The first-order chi connectivity index (χ1) is 19.7. The van der Waals surface area contributed by atoms with Gasteiger partial charge in [0.25, 0.3) is 15.9 Å². The summed E-state index contributed by atoms with van der Waals surface area (Å²) >= 11 is 12.3. The molecular weight excluding hydrogens is 583 g/mol. The molecule has 0 saturated carbocycles. The van der Waals surface area contributed by atoms with Gasteiger partial charge in [-0.2, -0.15) is 5.10 Å². The number of ether oxygens (including phenoxy) is 1. The molecule has 0 saturated heterocycles. The lowest BCUT2D eigenvalue weighted by Gasteiger charge is -2.19. The Morgan fingerprint density at radius 3 is 2.39 bits per heavy atom. The minimum Gasteiger partial charge on any atom is -0.456 e. The van der Waals surface area contributed by atoms with Crippen LogP contribution in [0.3, 0.4) is 0 Å². The molecule has 0 aliphatic heterocycles. The minimum atomic E-state index is -4.06. The van der Waals surface area contributed by atoms with Gasteiger partial charge in [-0.05, 0) is 79.2 Å². The maximum atomic E-state index is 13.4. The zero-order valence-corrected chi connectivity index (χ0v) is 24.0. The number of sulfonamides is 1. The monoisotopic (exact) mass is 606 g/mol. The minimum absolute atomic E-state index is 0.0214. The van der Waals surface area contributed by atoms with E-state index in [4.69, 9.17) is 27.9 Å². The quantitative estimate of drug-likeness (QED) is 0.184. The molecule has 5 rings (SSSR count). The van der Waals surface area contributed by atoms with Gasteiger partial charge in [0.05, 0.1) is 32.9 Å². The third-order valence-corrected chi connectivity index (χ3v) is 8.10. The van der Waals surface area contributed by atoms with Crippen LogP contribution in [0, 0.1) is 0 Å². The van der Waals surface area contributed by atoms with E-state index in [1.54, 1.807) is 35.1 Å². The highest BCUT2D eigenvalue weighted by Gasteiger charge is 2.22. The molecule has 208 valence electrons. The number of benzene rings is 4. The summed E-state index contributed by atoms with van der Waals surface area (Å²) in [6.07, 6.45) is 3.48. The Balaban J connectivity index is 1.35. The molecule has 0 fully saturated rings. The maximum Gasteiger partial charge on any atom is 0.261 e. The van der Waals surface area contributed by atoms with Gasteiger partial charge in [-0.15, -0.1) is 0 Å². The van der Waals surface area contributed by atoms with E-state index in [9.17, 15) is 13.2 Å². The number of rotatable bonds is 9. The van der Waals surface area contributed by atoms with Crippen LogP contribution in [0.25, 0.3) is 5.69 Å². The number of aromatic nitrogens is 2. The molecular formula is C30H24Cl2N4O4S. The van der Waals surface area contributed by atoms with Crippen LogP contribution in [0.5, 0.6) is 11.5 Å². The molecule has 1 amide bonds. The van der Waals surface area contributed by atoms with Crippen molar-refractivity contribution in [2.45, 2.75) is 17.9 Å². The van der Waals surface area contributed by atoms with Crippen molar-refractivity contribution in [1.29, 1.82) is 0 Å². The third kappa shape index (κ3) is 6.54. The van der Waals surface area contributed by atoms with Gasteiger partial charge in [0.2, 0.25) is 0 Å². The van der Waals surface area contributed by atoms with Gasteiger partial charge in [0.1, 0.15) is 11.5 Å². The van der Waals surface area contributed by atoms with Crippen molar-refractivity contribution >= 4 is 44.8 Å². The average molecular weight is 608 g/mol. The molecule has 8 nitrogen and oxygen atoms in total. The Bertz CT molecular complexity index is 1790. The molecule has 1 heterocycles. The lowest BCUT2D eigenvalue weighted by molar-refractivity contribution is 0.0940. The van der Waals surface area contributed by atoms with Gasteiger partial charge in [-0.25, -0.2) is 13.1 Å². The van der Waals surface area contributed by atoms with Crippen molar-refractivity contribution in [3.8, 4) is 17.2 Å². The molecule has 41 heavy (non-hydrogen) atoms. The van der Waals surface area contributed by atoms with E-state index in [1.165, 1.54) is 42.5 Å².